The normalized spacial score (nSPS) is 14.2. The summed E-state index contributed by atoms with van der Waals surface area (Å²) in [4.78, 5) is 1.73. The number of rotatable bonds is 16. The van der Waals surface area contributed by atoms with Crippen molar-refractivity contribution in [1.29, 1.82) is 0 Å². The van der Waals surface area contributed by atoms with Crippen LogP contribution in [0, 0.1) is 0 Å². The first-order chi connectivity index (χ1) is 15.8. The third-order valence-electron chi connectivity index (χ3n) is 6.13. The minimum Gasteiger partial charge on any atom is -0.490 e. The van der Waals surface area contributed by atoms with Crippen LogP contribution in [0.5, 0.6) is 11.5 Å². The van der Waals surface area contributed by atoms with Gasteiger partial charge in [0.05, 0.1) is 33.8 Å². The van der Waals surface area contributed by atoms with Gasteiger partial charge in [-0.15, -0.1) is 0 Å². The first-order valence-corrected chi connectivity index (χ1v) is 13.9. The van der Waals surface area contributed by atoms with E-state index in [1.807, 2.05) is 36.4 Å². The minimum atomic E-state index is -1.15. The van der Waals surface area contributed by atoms with E-state index in [9.17, 15) is 4.21 Å². The Morgan fingerprint density at radius 2 is 1.16 bits per heavy atom. The van der Waals surface area contributed by atoms with Crippen molar-refractivity contribution in [2.75, 3.05) is 13.2 Å². The Bertz CT molecular complexity index is 862. The highest BCUT2D eigenvalue weighted by molar-refractivity contribution is 7.85. The molecule has 0 saturated carbocycles. The lowest BCUT2D eigenvalue weighted by molar-refractivity contribution is 0.258. The maximum atomic E-state index is 13.0. The van der Waals surface area contributed by atoms with Gasteiger partial charge in [0, 0.05) is 11.6 Å². The van der Waals surface area contributed by atoms with Crippen molar-refractivity contribution in [1.82, 2.24) is 0 Å². The van der Waals surface area contributed by atoms with Crippen LogP contribution in [0.25, 0.3) is 11.1 Å². The van der Waals surface area contributed by atoms with E-state index < -0.39 is 10.8 Å². The van der Waals surface area contributed by atoms with Gasteiger partial charge in [-0.2, -0.15) is 0 Å². The second kappa shape index (κ2) is 13.7. The second-order valence-electron chi connectivity index (χ2n) is 8.79. The maximum Gasteiger partial charge on any atom is 0.162 e. The Balaban J connectivity index is 1.64. The van der Waals surface area contributed by atoms with E-state index in [1.165, 1.54) is 64.2 Å². The van der Waals surface area contributed by atoms with Gasteiger partial charge in [0.1, 0.15) is 0 Å². The smallest absolute Gasteiger partial charge is 0.162 e. The van der Waals surface area contributed by atoms with E-state index in [0.717, 1.165) is 45.3 Å². The Labute approximate surface area is 197 Å². The summed E-state index contributed by atoms with van der Waals surface area (Å²) in [5.41, 5.74) is 2.07. The van der Waals surface area contributed by atoms with Crippen LogP contribution in [-0.2, 0) is 10.8 Å². The van der Waals surface area contributed by atoms with Crippen molar-refractivity contribution in [2.45, 2.75) is 101 Å². The molecule has 2 aromatic carbocycles. The fourth-order valence-electron chi connectivity index (χ4n) is 4.23. The van der Waals surface area contributed by atoms with Crippen LogP contribution in [0.15, 0.2) is 46.2 Å². The molecule has 0 aliphatic carbocycles. The number of hydrogen-bond donors (Lipinski definition) is 0. The monoisotopic (exact) mass is 456 g/mol. The van der Waals surface area contributed by atoms with Crippen molar-refractivity contribution >= 4 is 10.8 Å². The Kier molecular flexibility index (Phi) is 10.6. The molecule has 0 amide bonds. The van der Waals surface area contributed by atoms with Gasteiger partial charge in [-0.1, -0.05) is 96.3 Å². The second-order valence-corrected chi connectivity index (χ2v) is 10.2. The van der Waals surface area contributed by atoms with Crippen LogP contribution in [0.4, 0.5) is 0 Å². The van der Waals surface area contributed by atoms with Crippen molar-refractivity contribution in [3.05, 3.63) is 36.4 Å². The lowest BCUT2D eigenvalue weighted by Crippen LogP contribution is -2.04. The predicted molar refractivity (Wildman–Crippen MR) is 134 cm³/mol. The first kappa shape index (κ1) is 24.8. The van der Waals surface area contributed by atoms with Gasteiger partial charge in [-0.3, -0.25) is 0 Å². The number of hydrogen-bond acceptors (Lipinski definition) is 3. The Hall–Kier alpha value is -1.81. The molecular formula is C28H40O3S. The first-order valence-electron chi connectivity index (χ1n) is 12.7. The maximum absolute atomic E-state index is 13.0. The highest BCUT2D eigenvalue weighted by atomic mass is 32.2. The SMILES string of the molecule is CCCCCCCCOc1cc2c(cc1OCCCCCCCC)S(=O)c1ccccc1-2. The van der Waals surface area contributed by atoms with Crippen molar-refractivity contribution in [2.24, 2.45) is 0 Å². The summed E-state index contributed by atoms with van der Waals surface area (Å²) in [5, 5.41) is 0. The summed E-state index contributed by atoms with van der Waals surface area (Å²) in [6.07, 6.45) is 14.8. The third-order valence-corrected chi connectivity index (χ3v) is 7.63. The predicted octanol–water partition coefficient (Wildman–Crippen LogP) is 8.31. The minimum absolute atomic E-state index is 0.678. The zero-order chi connectivity index (χ0) is 22.6. The number of benzene rings is 2. The van der Waals surface area contributed by atoms with Crippen LogP contribution in [-0.4, -0.2) is 17.4 Å². The van der Waals surface area contributed by atoms with E-state index in [4.69, 9.17) is 9.47 Å². The summed E-state index contributed by atoms with van der Waals surface area (Å²) in [6, 6.07) is 12.0. The molecule has 3 nitrogen and oxygen atoms in total. The van der Waals surface area contributed by atoms with Gasteiger partial charge in [0.15, 0.2) is 11.5 Å². The topological polar surface area (TPSA) is 35.5 Å². The Morgan fingerprint density at radius 1 is 0.625 bits per heavy atom. The summed E-state index contributed by atoms with van der Waals surface area (Å²) >= 11 is 0. The fraction of sp³-hybridized carbons (Fsp3) is 0.571. The molecule has 1 aliphatic heterocycles. The van der Waals surface area contributed by atoms with Crippen molar-refractivity contribution in [3.8, 4) is 22.6 Å². The highest BCUT2D eigenvalue weighted by Crippen LogP contribution is 2.45. The summed E-state index contributed by atoms with van der Waals surface area (Å²) in [5.74, 6) is 1.53. The molecule has 32 heavy (non-hydrogen) atoms. The quantitative estimate of drug-likeness (QED) is 0.203. The van der Waals surface area contributed by atoms with E-state index in [2.05, 4.69) is 13.8 Å². The fourth-order valence-corrected chi connectivity index (χ4v) is 5.63. The van der Waals surface area contributed by atoms with Crippen LogP contribution >= 0.6 is 0 Å². The molecule has 0 fully saturated rings. The van der Waals surface area contributed by atoms with Crippen LogP contribution in [0.1, 0.15) is 90.9 Å². The molecule has 0 bridgehead atoms. The lowest BCUT2D eigenvalue weighted by Gasteiger charge is -2.15. The Morgan fingerprint density at radius 3 is 1.78 bits per heavy atom. The molecular weight excluding hydrogens is 416 g/mol. The molecule has 176 valence electrons. The zero-order valence-electron chi connectivity index (χ0n) is 20.0. The van der Waals surface area contributed by atoms with Gasteiger partial charge < -0.3 is 9.47 Å². The van der Waals surface area contributed by atoms with E-state index in [0.29, 0.717) is 13.2 Å². The number of unbranched alkanes of at least 4 members (excludes halogenated alkanes) is 10. The molecule has 0 saturated heterocycles. The molecule has 2 aromatic rings. The van der Waals surface area contributed by atoms with Gasteiger partial charge in [-0.05, 0) is 30.5 Å². The summed E-state index contributed by atoms with van der Waals surface area (Å²) < 4.78 is 25.4. The molecule has 3 rings (SSSR count). The van der Waals surface area contributed by atoms with Crippen molar-refractivity contribution < 1.29 is 13.7 Å². The molecule has 0 N–H and O–H groups in total. The van der Waals surface area contributed by atoms with Gasteiger partial charge in [-0.25, -0.2) is 4.21 Å². The van der Waals surface area contributed by atoms with Crippen LogP contribution < -0.4 is 9.47 Å². The molecule has 1 heterocycles. The molecule has 0 aromatic heterocycles. The highest BCUT2D eigenvalue weighted by Gasteiger charge is 2.27. The molecule has 0 radical (unpaired) electrons. The molecule has 4 heteroatoms. The molecule has 1 atom stereocenters. The third kappa shape index (κ3) is 6.84. The van der Waals surface area contributed by atoms with Gasteiger partial charge in [0.2, 0.25) is 0 Å². The summed E-state index contributed by atoms with van der Waals surface area (Å²) in [7, 11) is -1.15. The van der Waals surface area contributed by atoms with Gasteiger partial charge >= 0.3 is 0 Å². The van der Waals surface area contributed by atoms with Crippen LogP contribution in [0.3, 0.4) is 0 Å². The van der Waals surface area contributed by atoms with Crippen LogP contribution in [0.2, 0.25) is 0 Å². The zero-order valence-corrected chi connectivity index (χ0v) is 20.8. The van der Waals surface area contributed by atoms with E-state index >= 15 is 0 Å². The average molecular weight is 457 g/mol. The van der Waals surface area contributed by atoms with E-state index in [1.54, 1.807) is 0 Å². The number of fused-ring (bicyclic) bond motifs is 3. The molecule has 0 spiro atoms. The van der Waals surface area contributed by atoms with Crippen molar-refractivity contribution in [3.63, 3.8) is 0 Å². The number of ether oxygens (including phenoxy) is 2. The molecule has 1 unspecified atom stereocenters. The van der Waals surface area contributed by atoms with E-state index in [-0.39, 0.29) is 0 Å². The lowest BCUT2D eigenvalue weighted by atomic mass is 10.1. The average Bonchev–Trinajstić information content (AvgIpc) is 3.09. The molecule has 1 aliphatic rings. The largest absolute Gasteiger partial charge is 0.490 e. The van der Waals surface area contributed by atoms with Gasteiger partial charge in [0.25, 0.3) is 0 Å². The summed E-state index contributed by atoms with van der Waals surface area (Å²) in [6.45, 7) is 5.86. The standard InChI is InChI=1S/C28H40O3S/c1-3-5-7-9-11-15-19-30-25-21-24-23-17-13-14-18-27(23)32(29)28(24)22-26(25)31-20-16-12-10-8-6-4-2/h13-14,17-18,21-22H,3-12,15-16,19-20H2,1-2H3.